The minimum Gasteiger partial charge on any atom is -0.0616 e. The molecular formula is C46H30. The minimum absolute atomic E-state index is 0.196. The molecule has 0 heteroatoms. The summed E-state index contributed by atoms with van der Waals surface area (Å²) in [6.45, 7) is 0. The Morgan fingerprint density at radius 2 is 0.717 bits per heavy atom. The van der Waals surface area contributed by atoms with Crippen molar-refractivity contribution in [2.45, 2.75) is 0 Å². The lowest BCUT2D eigenvalue weighted by Crippen LogP contribution is -1.91. The normalized spacial score (nSPS) is 13.9. The highest BCUT2D eigenvalue weighted by molar-refractivity contribution is 6.21. The van der Waals surface area contributed by atoms with Crippen LogP contribution in [0.5, 0.6) is 0 Å². The molecule has 0 aromatic heterocycles. The number of fused-ring (bicyclic) bond motifs is 4. The third-order valence-corrected chi connectivity index (χ3v) is 8.90. The van der Waals surface area contributed by atoms with Gasteiger partial charge in [-0.05, 0) is 93.7 Å². The predicted octanol–water partition coefficient (Wildman–Crippen LogP) is 13.0. The Morgan fingerprint density at radius 3 is 1.28 bits per heavy atom. The van der Waals surface area contributed by atoms with Crippen LogP contribution in [0, 0.1) is 0 Å². The van der Waals surface area contributed by atoms with E-state index >= 15 is 0 Å². The van der Waals surface area contributed by atoms with Gasteiger partial charge in [0.1, 0.15) is 0 Å². The van der Waals surface area contributed by atoms with Gasteiger partial charge in [-0.1, -0.05) is 176 Å². The fourth-order valence-corrected chi connectivity index (χ4v) is 6.82. The highest BCUT2D eigenvalue weighted by atomic mass is 14.2. The van der Waals surface area contributed by atoms with Crippen molar-refractivity contribution in [1.29, 1.82) is 0 Å². The molecule has 9 aromatic carbocycles. The summed E-state index contributed by atoms with van der Waals surface area (Å²) in [5.74, 6) is 0. The molecule has 214 valence electrons. The molecule has 0 aliphatic rings. The Hall–Kier alpha value is -5.98. The Morgan fingerprint density at radius 1 is 0.304 bits per heavy atom. The maximum atomic E-state index is 9.34. The monoisotopic (exact) mass is 590 g/mol. The van der Waals surface area contributed by atoms with E-state index in [0.717, 1.165) is 43.8 Å². The molecule has 0 fully saturated rings. The topological polar surface area (TPSA) is 0 Å². The first-order valence-electron chi connectivity index (χ1n) is 19.3. The van der Waals surface area contributed by atoms with Crippen LogP contribution >= 0.6 is 0 Å². The standard InChI is InChI=1S/C46H30/c1-3-18-37-31(12-1)14-10-24-39(37)33-26-28-34(29-27-33)45-41-20-5-7-22-43(41)46(44-23-8-6-21-42(44)45)36-17-9-16-35(30-36)40-25-11-15-32-13-2-4-19-38(32)40/h1-30H/i5D,6D,7D,8D,20D,21D,22D,23D. The van der Waals surface area contributed by atoms with Crippen molar-refractivity contribution < 1.29 is 11.0 Å². The van der Waals surface area contributed by atoms with Gasteiger partial charge in [-0.15, -0.1) is 0 Å². The Labute approximate surface area is 280 Å². The van der Waals surface area contributed by atoms with Gasteiger partial charge in [-0.2, -0.15) is 0 Å². The van der Waals surface area contributed by atoms with Crippen LogP contribution in [0.1, 0.15) is 11.0 Å². The third-order valence-electron chi connectivity index (χ3n) is 8.90. The van der Waals surface area contributed by atoms with Crippen molar-refractivity contribution in [2.24, 2.45) is 0 Å². The summed E-state index contributed by atoms with van der Waals surface area (Å²) in [5.41, 5.74) is 5.60. The van der Waals surface area contributed by atoms with E-state index < -0.39 is 24.2 Å². The zero-order valence-electron chi connectivity index (χ0n) is 32.7. The van der Waals surface area contributed by atoms with Crippen molar-refractivity contribution in [3.63, 3.8) is 0 Å². The Balaban J connectivity index is 1.40. The van der Waals surface area contributed by atoms with E-state index in [2.05, 4.69) is 30.3 Å². The van der Waals surface area contributed by atoms with Gasteiger partial charge >= 0.3 is 0 Å². The lowest BCUT2D eigenvalue weighted by atomic mass is 9.85. The van der Waals surface area contributed by atoms with Crippen LogP contribution in [-0.2, 0) is 0 Å². The van der Waals surface area contributed by atoms with E-state index in [1.807, 2.05) is 103 Å². The van der Waals surface area contributed by atoms with E-state index in [1.54, 1.807) is 0 Å². The predicted molar refractivity (Wildman–Crippen MR) is 198 cm³/mol. The second kappa shape index (κ2) is 10.9. The number of rotatable bonds is 4. The highest BCUT2D eigenvalue weighted by Gasteiger charge is 2.17. The molecule has 0 spiro atoms. The largest absolute Gasteiger partial charge is 0.0629 e. The SMILES string of the molecule is [2H]c1c([2H])c([2H])c2c(-c3cccc(-c4cccc5ccccc45)c3)c3c([2H])c([2H])c([2H])c([2H])c3c(-c3ccc(-c4cccc5ccccc45)cc3)c2c1[2H]. The minimum atomic E-state index is -0.420. The molecule has 9 aromatic rings. The quantitative estimate of drug-likeness (QED) is 0.179. The lowest BCUT2D eigenvalue weighted by Gasteiger charge is -2.18. The average Bonchev–Trinajstić information content (AvgIpc) is 3.22. The molecule has 0 aliphatic carbocycles. The summed E-state index contributed by atoms with van der Waals surface area (Å²) in [4.78, 5) is 0. The van der Waals surface area contributed by atoms with E-state index in [0.29, 0.717) is 22.3 Å². The lowest BCUT2D eigenvalue weighted by molar-refractivity contribution is 1.62. The first kappa shape index (κ1) is 19.4. The smallest absolute Gasteiger partial charge is 0.0616 e. The highest BCUT2D eigenvalue weighted by Crippen LogP contribution is 2.45. The maximum absolute atomic E-state index is 9.34. The van der Waals surface area contributed by atoms with Crippen LogP contribution < -0.4 is 0 Å². The first-order chi connectivity index (χ1) is 26.2. The summed E-state index contributed by atoms with van der Waals surface area (Å²) in [7, 11) is 0. The second-order valence-corrected chi connectivity index (χ2v) is 11.5. The molecule has 0 nitrogen and oxygen atoms in total. The van der Waals surface area contributed by atoms with Crippen LogP contribution in [-0.4, -0.2) is 0 Å². The maximum Gasteiger partial charge on any atom is 0.0629 e. The van der Waals surface area contributed by atoms with Gasteiger partial charge in [0, 0.05) is 0 Å². The molecule has 46 heavy (non-hydrogen) atoms. The van der Waals surface area contributed by atoms with Crippen LogP contribution in [0.3, 0.4) is 0 Å². The Bertz CT molecular complexity index is 2930. The summed E-state index contributed by atoms with van der Waals surface area (Å²) in [6.07, 6.45) is 0. The van der Waals surface area contributed by atoms with E-state index in [-0.39, 0.29) is 45.7 Å². The fourth-order valence-electron chi connectivity index (χ4n) is 6.82. The molecule has 0 aliphatic heterocycles. The summed E-state index contributed by atoms with van der Waals surface area (Å²) in [5, 5.41) is 5.07. The third kappa shape index (κ3) is 4.30. The van der Waals surface area contributed by atoms with E-state index in [1.165, 1.54) is 0 Å². The van der Waals surface area contributed by atoms with Crippen LogP contribution in [0.4, 0.5) is 0 Å². The number of hydrogen-bond acceptors (Lipinski definition) is 0. The van der Waals surface area contributed by atoms with Gasteiger partial charge in [0.05, 0.1) is 11.0 Å². The average molecular weight is 591 g/mol. The molecule has 0 bridgehead atoms. The first-order valence-corrected chi connectivity index (χ1v) is 15.3. The zero-order chi connectivity index (χ0) is 37.4. The summed E-state index contributed by atoms with van der Waals surface area (Å²) < 4.78 is 72.5. The second-order valence-electron chi connectivity index (χ2n) is 11.5. The summed E-state index contributed by atoms with van der Waals surface area (Å²) in [6, 6.07) is 40.9. The molecule has 0 atom stereocenters. The van der Waals surface area contributed by atoms with Crippen molar-refractivity contribution >= 4 is 43.1 Å². The molecule has 0 radical (unpaired) electrons. The molecule has 0 amide bonds. The van der Waals surface area contributed by atoms with Gasteiger partial charge in [0.2, 0.25) is 0 Å². The fraction of sp³-hybridized carbons (Fsp3) is 0. The molecule has 0 saturated carbocycles. The molecule has 9 rings (SSSR count). The molecule has 0 N–H and O–H groups in total. The van der Waals surface area contributed by atoms with Gasteiger partial charge in [-0.25, -0.2) is 0 Å². The molecule has 0 heterocycles. The van der Waals surface area contributed by atoms with Crippen molar-refractivity contribution in [1.82, 2.24) is 0 Å². The van der Waals surface area contributed by atoms with Gasteiger partial charge < -0.3 is 0 Å². The van der Waals surface area contributed by atoms with Crippen LogP contribution in [0.15, 0.2) is 182 Å². The van der Waals surface area contributed by atoms with E-state index in [9.17, 15) is 5.48 Å². The van der Waals surface area contributed by atoms with Crippen LogP contribution in [0.2, 0.25) is 0 Å². The molecule has 0 unspecified atom stereocenters. The van der Waals surface area contributed by atoms with Crippen molar-refractivity contribution in [2.75, 3.05) is 0 Å². The van der Waals surface area contributed by atoms with Crippen molar-refractivity contribution in [3.05, 3.63) is 182 Å². The molecule has 0 saturated heterocycles. The van der Waals surface area contributed by atoms with Crippen LogP contribution in [0.25, 0.3) is 87.6 Å². The summed E-state index contributed by atoms with van der Waals surface area (Å²) >= 11 is 0. The number of hydrogen-bond donors (Lipinski definition) is 0. The van der Waals surface area contributed by atoms with Gasteiger partial charge in [-0.3, -0.25) is 0 Å². The number of benzene rings is 9. The van der Waals surface area contributed by atoms with Crippen molar-refractivity contribution in [3.8, 4) is 44.5 Å². The zero-order valence-corrected chi connectivity index (χ0v) is 24.7. The van der Waals surface area contributed by atoms with Gasteiger partial charge in [0.15, 0.2) is 0 Å². The Kier molecular flexibility index (Phi) is 4.59. The van der Waals surface area contributed by atoms with E-state index in [4.69, 9.17) is 5.48 Å². The van der Waals surface area contributed by atoms with Gasteiger partial charge in [0.25, 0.3) is 0 Å². The molecular weight excluding hydrogens is 553 g/mol.